The molecule has 0 radical (unpaired) electrons. The summed E-state index contributed by atoms with van der Waals surface area (Å²) in [6.07, 6.45) is 6.40. The molecular weight excluding hydrogens is 206 g/mol. The molecule has 0 saturated carbocycles. The van der Waals surface area contributed by atoms with E-state index in [1.165, 1.54) is 0 Å². The Labute approximate surface area is 94.0 Å². The van der Waals surface area contributed by atoms with E-state index in [0.29, 0.717) is 18.3 Å². The highest BCUT2D eigenvalue weighted by atomic mass is 16.4. The third-order valence-corrected chi connectivity index (χ3v) is 2.82. The van der Waals surface area contributed by atoms with Crippen molar-refractivity contribution in [3.8, 4) is 0 Å². The zero-order chi connectivity index (χ0) is 11.5. The summed E-state index contributed by atoms with van der Waals surface area (Å²) < 4.78 is 5.14. The van der Waals surface area contributed by atoms with Crippen LogP contribution in [0.25, 0.3) is 0 Å². The SMILES string of the molecule is Cc1oc(C(=O)O)cc1CNC1CC=CC1. The van der Waals surface area contributed by atoms with Crippen LogP contribution in [0, 0.1) is 6.92 Å². The van der Waals surface area contributed by atoms with E-state index >= 15 is 0 Å². The molecule has 4 heteroatoms. The van der Waals surface area contributed by atoms with Gasteiger partial charge in [-0.3, -0.25) is 0 Å². The Morgan fingerprint density at radius 2 is 2.25 bits per heavy atom. The molecular formula is C12H15NO3. The first-order chi connectivity index (χ1) is 7.66. The number of carbonyl (C=O) groups is 1. The second-order valence-electron chi connectivity index (χ2n) is 4.02. The van der Waals surface area contributed by atoms with Crippen LogP contribution in [0.4, 0.5) is 0 Å². The first-order valence-corrected chi connectivity index (χ1v) is 5.38. The van der Waals surface area contributed by atoms with Crippen LogP contribution in [0.15, 0.2) is 22.6 Å². The third-order valence-electron chi connectivity index (χ3n) is 2.82. The molecule has 16 heavy (non-hydrogen) atoms. The van der Waals surface area contributed by atoms with Gasteiger partial charge in [0.05, 0.1) is 0 Å². The largest absolute Gasteiger partial charge is 0.475 e. The van der Waals surface area contributed by atoms with Gasteiger partial charge in [0.2, 0.25) is 5.76 Å². The monoisotopic (exact) mass is 221 g/mol. The van der Waals surface area contributed by atoms with E-state index in [1.54, 1.807) is 13.0 Å². The minimum Gasteiger partial charge on any atom is -0.475 e. The fraction of sp³-hybridized carbons (Fsp3) is 0.417. The fourth-order valence-electron chi connectivity index (χ4n) is 1.84. The zero-order valence-corrected chi connectivity index (χ0v) is 9.19. The van der Waals surface area contributed by atoms with Crippen molar-refractivity contribution >= 4 is 5.97 Å². The molecule has 2 rings (SSSR count). The quantitative estimate of drug-likeness (QED) is 0.764. The molecule has 0 spiro atoms. The van der Waals surface area contributed by atoms with E-state index in [4.69, 9.17) is 9.52 Å². The molecule has 0 atom stereocenters. The smallest absolute Gasteiger partial charge is 0.371 e. The van der Waals surface area contributed by atoms with Gasteiger partial charge in [-0.05, 0) is 25.8 Å². The van der Waals surface area contributed by atoms with Crippen molar-refractivity contribution in [3.05, 3.63) is 35.3 Å². The van der Waals surface area contributed by atoms with Gasteiger partial charge in [0.1, 0.15) is 5.76 Å². The minimum absolute atomic E-state index is 0.0128. The first kappa shape index (κ1) is 11.0. The zero-order valence-electron chi connectivity index (χ0n) is 9.19. The summed E-state index contributed by atoms with van der Waals surface area (Å²) in [5.41, 5.74) is 0.921. The molecule has 0 bridgehead atoms. The van der Waals surface area contributed by atoms with Crippen molar-refractivity contribution in [2.75, 3.05) is 0 Å². The van der Waals surface area contributed by atoms with E-state index in [9.17, 15) is 4.79 Å². The Morgan fingerprint density at radius 3 is 2.81 bits per heavy atom. The van der Waals surface area contributed by atoms with Crippen LogP contribution in [0.3, 0.4) is 0 Å². The lowest BCUT2D eigenvalue weighted by Crippen LogP contribution is -2.25. The van der Waals surface area contributed by atoms with Crippen LogP contribution in [0.2, 0.25) is 0 Å². The number of furan rings is 1. The number of carboxylic acid groups (broad SMARTS) is 1. The molecule has 4 nitrogen and oxygen atoms in total. The van der Waals surface area contributed by atoms with Crippen LogP contribution in [0.1, 0.15) is 34.7 Å². The van der Waals surface area contributed by atoms with Crippen molar-refractivity contribution in [2.45, 2.75) is 32.4 Å². The van der Waals surface area contributed by atoms with E-state index in [2.05, 4.69) is 17.5 Å². The number of aromatic carboxylic acids is 1. The molecule has 1 aromatic heterocycles. The number of carboxylic acids is 1. The average Bonchev–Trinajstić information content (AvgIpc) is 2.84. The van der Waals surface area contributed by atoms with Crippen molar-refractivity contribution in [1.29, 1.82) is 0 Å². The molecule has 0 fully saturated rings. The summed E-state index contributed by atoms with van der Waals surface area (Å²) in [5, 5.41) is 12.2. The third kappa shape index (κ3) is 2.33. The molecule has 1 heterocycles. The van der Waals surface area contributed by atoms with Gasteiger partial charge < -0.3 is 14.8 Å². The van der Waals surface area contributed by atoms with Crippen LogP contribution >= 0.6 is 0 Å². The summed E-state index contributed by atoms with van der Waals surface area (Å²) in [6, 6.07) is 2.06. The van der Waals surface area contributed by atoms with Gasteiger partial charge in [0.25, 0.3) is 0 Å². The Hall–Kier alpha value is -1.55. The summed E-state index contributed by atoms with van der Waals surface area (Å²) in [5.74, 6) is -0.327. The van der Waals surface area contributed by atoms with Gasteiger partial charge in [-0.1, -0.05) is 12.2 Å². The van der Waals surface area contributed by atoms with Crippen LogP contribution in [-0.4, -0.2) is 17.1 Å². The molecule has 0 aliphatic heterocycles. The predicted molar refractivity (Wildman–Crippen MR) is 59.4 cm³/mol. The standard InChI is InChI=1S/C12H15NO3/c1-8-9(6-11(16-8)12(14)15)7-13-10-4-2-3-5-10/h2-3,6,10,13H,4-5,7H2,1H3,(H,14,15). The number of nitrogens with one attached hydrogen (secondary N) is 1. The molecule has 1 aliphatic carbocycles. The highest BCUT2D eigenvalue weighted by Gasteiger charge is 2.14. The van der Waals surface area contributed by atoms with Crippen molar-refractivity contribution < 1.29 is 14.3 Å². The summed E-state index contributed by atoms with van der Waals surface area (Å²) in [4.78, 5) is 10.7. The van der Waals surface area contributed by atoms with E-state index in [-0.39, 0.29) is 5.76 Å². The highest BCUT2D eigenvalue weighted by molar-refractivity contribution is 5.84. The number of hydrogen-bond donors (Lipinski definition) is 2. The second kappa shape index (κ2) is 4.53. The Bertz CT molecular complexity index is 412. The van der Waals surface area contributed by atoms with E-state index < -0.39 is 5.97 Å². The average molecular weight is 221 g/mol. The fourth-order valence-corrected chi connectivity index (χ4v) is 1.84. The molecule has 0 saturated heterocycles. The van der Waals surface area contributed by atoms with Gasteiger partial charge in [-0.2, -0.15) is 0 Å². The normalized spacial score (nSPS) is 15.8. The van der Waals surface area contributed by atoms with Gasteiger partial charge in [-0.25, -0.2) is 4.79 Å². The predicted octanol–water partition coefficient (Wildman–Crippen LogP) is 2.09. The van der Waals surface area contributed by atoms with Crippen LogP contribution < -0.4 is 5.32 Å². The van der Waals surface area contributed by atoms with Crippen molar-refractivity contribution in [1.82, 2.24) is 5.32 Å². The Kier molecular flexibility index (Phi) is 3.10. The minimum atomic E-state index is -1.02. The van der Waals surface area contributed by atoms with Crippen molar-refractivity contribution in [3.63, 3.8) is 0 Å². The Balaban J connectivity index is 1.95. The lowest BCUT2D eigenvalue weighted by molar-refractivity contribution is 0.0661. The van der Waals surface area contributed by atoms with Gasteiger partial charge in [0, 0.05) is 18.2 Å². The highest BCUT2D eigenvalue weighted by Crippen LogP contribution is 2.16. The van der Waals surface area contributed by atoms with Gasteiger partial charge in [-0.15, -0.1) is 0 Å². The topological polar surface area (TPSA) is 62.5 Å². The maximum absolute atomic E-state index is 10.7. The van der Waals surface area contributed by atoms with Crippen molar-refractivity contribution in [2.24, 2.45) is 0 Å². The second-order valence-corrected chi connectivity index (χ2v) is 4.02. The summed E-state index contributed by atoms with van der Waals surface area (Å²) >= 11 is 0. The molecule has 0 aromatic carbocycles. The molecule has 2 N–H and O–H groups in total. The summed E-state index contributed by atoms with van der Waals surface area (Å²) in [6.45, 7) is 2.45. The van der Waals surface area contributed by atoms with Gasteiger partial charge >= 0.3 is 5.97 Å². The summed E-state index contributed by atoms with van der Waals surface area (Å²) in [7, 11) is 0. The van der Waals surface area contributed by atoms with E-state index in [0.717, 1.165) is 18.4 Å². The van der Waals surface area contributed by atoms with Crippen LogP contribution in [-0.2, 0) is 6.54 Å². The molecule has 0 amide bonds. The van der Waals surface area contributed by atoms with E-state index in [1.807, 2.05) is 0 Å². The maximum Gasteiger partial charge on any atom is 0.371 e. The lowest BCUT2D eigenvalue weighted by Gasteiger charge is -2.10. The first-order valence-electron chi connectivity index (χ1n) is 5.38. The number of hydrogen-bond acceptors (Lipinski definition) is 3. The lowest BCUT2D eigenvalue weighted by atomic mass is 10.2. The van der Waals surface area contributed by atoms with Gasteiger partial charge in [0.15, 0.2) is 0 Å². The Morgan fingerprint density at radius 1 is 1.56 bits per heavy atom. The molecule has 1 aliphatic rings. The maximum atomic E-state index is 10.7. The molecule has 86 valence electrons. The number of rotatable bonds is 4. The molecule has 0 unspecified atom stereocenters. The molecule has 1 aromatic rings. The number of aryl methyl sites for hydroxylation is 1. The van der Waals surface area contributed by atoms with Crippen LogP contribution in [0.5, 0.6) is 0 Å².